The van der Waals surface area contributed by atoms with E-state index >= 15 is 0 Å². The predicted octanol–water partition coefficient (Wildman–Crippen LogP) is 3.82. The van der Waals surface area contributed by atoms with E-state index in [0.717, 1.165) is 32.7 Å². The average molecular weight is 418 g/mol. The van der Waals surface area contributed by atoms with Crippen molar-refractivity contribution in [3.05, 3.63) is 59.7 Å². The second-order valence-electron chi connectivity index (χ2n) is 6.83. The van der Waals surface area contributed by atoms with Crippen molar-refractivity contribution in [3.8, 4) is 0 Å². The second-order valence-corrected chi connectivity index (χ2v) is 7.24. The summed E-state index contributed by atoms with van der Waals surface area (Å²) in [5.74, 6) is -0.677. The van der Waals surface area contributed by atoms with E-state index in [1.54, 1.807) is 31.2 Å². The SMILES string of the molecule is CCN1CCN(c2ccc(/C(C)=N\NC(=S)Nc3ccccc3F)cc2F)CC1. The van der Waals surface area contributed by atoms with Crippen LogP contribution < -0.4 is 15.6 Å². The monoisotopic (exact) mass is 417 g/mol. The van der Waals surface area contributed by atoms with Crippen LogP contribution in [0.2, 0.25) is 0 Å². The lowest BCUT2D eigenvalue weighted by Crippen LogP contribution is -2.46. The highest BCUT2D eigenvalue weighted by molar-refractivity contribution is 7.80. The Labute approximate surface area is 175 Å². The van der Waals surface area contributed by atoms with E-state index in [-0.39, 0.29) is 16.6 Å². The Kier molecular flexibility index (Phi) is 7.11. The lowest BCUT2D eigenvalue weighted by molar-refractivity contribution is 0.270. The summed E-state index contributed by atoms with van der Waals surface area (Å²) >= 11 is 5.13. The maximum absolute atomic E-state index is 14.7. The zero-order valence-corrected chi connectivity index (χ0v) is 17.4. The molecule has 1 fully saturated rings. The Morgan fingerprint density at radius 1 is 1.07 bits per heavy atom. The van der Waals surface area contributed by atoms with Crippen LogP contribution in [0.1, 0.15) is 19.4 Å². The molecule has 29 heavy (non-hydrogen) atoms. The Hall–Kier alpha value is -2.58. The maximum atomic E-state index is 14.7. The zero-order chi connectivity index (χ0) is 20.8. The number of para-hydroxylation sites is 1. The van der Waals surface area contributed by atoms with Crippen molar-refractivity contribution in [3.63, 3.8) is 0 Å². The molecule has 0 amide bonds. The number of likely N-dealkylation sites (N-methyl/N-ethyl adjacent to an activating group) is 1. The van der Waals surface area contributed by atoms with Gasteiger partial charge in [0.25, 0.3) is 0 Å². The summed E-state index contributed by atoms with van der Waals surface area (Å²) in [6.45, 7) is 8.42. The molecule has 0 spiro atoms. The number of nitrogens with one attached hydrogen (secondary N) is 2. The third-order valence-electron chi connectivity index (χ3n) is 4.97. The highest BCUT2D eigenvalue weighted by atomic mass is 32.1. The first-order valence-corrected chi connectivity index (χ1v) is 10.0. The van der Waals surface area contributed by atoms with Gasteiger partial charge in [0, 0.05) is 31.7 Å². The minimum Gasteiger partial charge on any atom is -0.367 e. The van der Waals surface area contributed by atoms with Crippen molar-refractivity contribution in [1.82, 2.24) is 10.3 Å². The van der Waals surface area contributed by atoms with E-state index in [0.29, 0.717) is 17.0 Å². The molecule has 5 nitrogen and oxygen atoms in total. The van der Waals surface area contributed by atoms with Crippen LogP contribution in [0, 0.1) is 11.6 Å². The van der Waals surface area contributed by atoms with Gasteiger partial charge in [0.1, 0.15) is 11.6 Å². The summed E-state index contributed by atoms with van der Waals surface area (Å²) < 4.78 is 28.4. The van der Waals surface area contributed by atoms with E-state index < -0.39 is 5.82 Å². The molecule has 0 radical (unpaired) electrons. The highest BCUT2D eigenvalue weighted by Crippen LogP contribution is 2.22. The highest BCUT2D eigenvalue weighted by Gasteiger charge is 2.18. The molecule has 1 aliphatic rings. The third-order valence-corrected chi connectivity index (χ3v) is 5.17. The number of piperazine rings is 1. The quantitative estimate of drug-likeness (QED) is 0.440. The lowest BCUT2D eigenvalue weighted by atomic mass is 10.1. The molecule has 1 heterocycles. The van der Waals surface area contributed by atoms with Crippen molar-refractivity contribution in [2.45, 2.75) is 13.8 Å². The molecular formula is C21H25F2N5S. The van der Waals surface area contributed by atoms with Crippen LogP contribution in [-0.4, -0.2) is 48.4 Å². The maximum Gasteiger partial charge on any atom is 0.191 e. The number of halogens is 2. The van der Waals surface area contributed by atoms with Crippen LogP contribution >= 0.6 is 12.2 Å². The van der Waals surface area contributed by atoms with Crippen LogP contribution in [0.15, 0.2) is 47.6 Å². The molecule has 0 atom stereocenters. The number of benzene rings is 2. The summed E-state index contributed by atoms with van der Waals surface area (Å²) in [5, 5.41) is 7.07. The van der Waals surface area contributed by atoms with Gasteiger partial charge < -0.3 is 15.1 Å². The summed E-state index contributed by atoms with van der Waals surface area (Å²) in [5.41, 5.74) is 4.77. The molecule has 0 saturated carbocycles. The molecular weight excluding hydrogens is 392 g/mol. The van der Waals surface area contributed by atoms with E-state index in [1.165, 1.54) is 12.1 Å². The standard InChI is InChI=1S/C21H25F2N5S/c1-3-27-10-12-28(13-11-27)20-9-8-16(14-18(20)23)15(2)25-26-21(29)24-19-7-5-4-6-17(19)22/h4-9,14H,3,10-13H2,1-2H3,(H2,24,26,29)/b25-15-. The van der Waals surface area contributed by atoms with Crippen molar-refractivity contribution in [1.29, 1.82) is 0 Å². The number of anilines is 2. The smallest absolute Gasteiger partial charge is 0.191 e. The number of hydrogen-bond donors (Lipinski definition) is 2. The number of thiocarbonyl (C=S) groups is 1. The van der Waals surface area contributed by atoms with E-state index in [2.05, 4.69) is 32.6 Å². The second kappa shape index (κ2) is 9.76. The first-order valence-electron chi connectivity index (χ1n) is 9.61. The third kappa shape index (κ3) is 5.48. The Morgan fingerprint density at radius 2 is 1.79 bits per heavy atom. The summed E-state index contributed by atoms with van der Waals surface area (Å²) in [6, 6.07) is 11.3. The van der Waals surface area contributed by atoms with E-state index in [4.69, 9.17) is 12.2 Å². The zero-order valence-electron chi connectivity index (χ0n) is 16.6. The topological polar surface area (TPSA) is 42.9 Å². The predicted molar refractivity (Wildman–Crippen MR) is 119 cm³/mol. The van der Waals surface area contributed by atoms with Gasteiger partial charge in [-0.05, 0) is 50.0 Å². The molecule has 0 aliphatic carbocycles. The van der Waals surface area contributed by atoms with Gasteiger partial charge in [0.2, 0.25) is 0 Å². The Bertz CT molecular complexity index is 894. The molecule has 0 bridgehead atoms. The van der Waals surface area contributed by atoms with Crippen LogP contribution in [0.3, 0.4) is 0 Å². The minimum atomic E-state index is -0.408. The molecule has 3 rings (SSSR count). The van der Waals surface area contributed by atoms with Crippen LogP contribution in [-0.2, 0) is 0 Å². The van der Waals surface area contributed by atoms with Crippen molar-refractivity contribution >= 4 is 34.4 Å². The fourth-order valence-electron chi connectivity index (χ4n) is 3.21. The Balaban J connectivity index is 1.62. The van der Waals surface area contributed by atoms with E-state index in [1.807, 2.05) is 6.07 Å². The molecule has 154 valence electrons. The van der Waals surface area contributed by atoms with Crippen LogP contribution in [0.5, 0.6) is 0 Å². The van der Waals surface area contributed by atoms with Crippen LogP contribution in [0.4, 0.5) is 20.2 Å². The molecule has 0 unspecified atom stereocenters. The first-order chi connectivity index (χ1) is 14.0. The normalized spacial score (nSPS) is 15.3. The van der Waals surface area contributed by atoms with Gasteiger partial charge in [0.05, 0.1) is 17.1 Å². The van der Waals surface area contributed by atoms with Gasteiger partial charge in [0.15, 0.2) is 5.11 Å². The molecule has 1 aliphatic heterocycles. The van der Waals surface area contributed by atoms with Gasteiger partial charge in [-0.2, -0.15) is 5.10 Å². The molecule has 1 saturated heterocycles. The van der Waals surface area contributed by atoms with Crippen molar-refractivity contribution in [2.75, 3.05) is 42.9 Å². The van der Waals surface area contributed by atoms with Crippen LogP contribution in [0.25, 0.3) is 0 Å². The van der Waals surface area contributed by atoms with Gasteiger partial charge >= 0.3 is 0 Å². The number of nitrogens with zero attached hydrogens (tertiary/aromatic N) is 3. The van der Waals surface area contributed by atoms with Gasteiger partial charge in [-0.25, -0.2) is 8.78 Å². The number of rotatable bonds is 5. The summed E-state index contributed by atoms with van der Waals surface area (Å²) in [7, 11) is 0. The molecule has 2 N–H and O–H groups in total. The molecule has 2 aromatic carbocycles. The minimum absolute atomic E-state index is 0.153. The Morgan fingerprint density at radius 3 is 2.45 bits per heavy atom. The number of hydrogen-bond acceptors (Lipinski definition) is 4. The molecule has 8 heteroatoms. The largest absolute Gasteiger partial charge is 0.367 e. The van der Waals surface area contributed by atoms with Crippen molar-refractivity contribution in [2.24, 2.45) is 5.10 Å². The van der Waals surface area contributed by atoms with Gasteiger partial charge in [-0.15, -0.1) is 0 Å². The molecule has 0 aromatic heterocycles. The first kappa shape index (κ1) is 21.1. The lowest BCUT2D eigenvalue weighted by Gasteiger charge is -2.35. The summed E-state index contributed by atoms with van der Waals surface area (Å²) in [6.07, 6.45) is 0. The van der Waals surface area contributed by atoms with E-state index in [9.17, 15) is 8.78 Å². The fraction of sp³-hybridized carbons (Fsp3) is 0.333. The van der Waals surface area contributed by atoms with Crippen molar-refractivity contribution < 1.29 is 8.78 Å². The van der Waals surface area contributed by atoms with Gasteiger partial charge in [-0.3, -0.25) is 5.43 Å². The fourth-order valence-corrected chi connectivity index (χ4v) is 3.36. The van der Waals surface area contributed by atoms with Gasteiger partial charge in [-0.1, -0.05) is 25.1 Å². The molecule has 2 aromatic rings. The summed E-state index contributed by atoms with van der Waals surface area (Å²) in [4.78, 5) is 4.42. The average Bonchev–Trinajstić information content (AvgIpc) is 2.73. The number of hydrazone groups is 1.